The molecular formula is C14H18N2O2. The normalized spacial score (nSPS) is 15.0. The van der Waals surface area contributed by atoms with Gasteiger partial charge in [-0.15, -0.1) is 0 Å². The maximum absolute atomic E-state index is 11.0. The summed E-state index contributed by atoms with van der Waals surface area (Å²) in [5.41, 5.74) is 1.71. The van der Waals surface area contributed by atoms with Gasteiger partial charge in [-0.05, 0) is 44.2 Å². The fraction of sp³-hybridized carbons (Fsp3) is 0.429. The molecule has 96 valence electrons. The predicted molar refractivity (Wildman–Crippen MR) is 70.9 cm³/mol. The summed E-state index contributed by atoms with van der Waals surface area (Å²) in [6.45, 7) is 0.739. The van der Waals surface area contributed by atoms with E-state index < -0.39 is 5.97 Å². The Bertz CT molecular complexity index is 455. The molecule has 1 aromatic rings. The van der Waals surface area contributed by atoms with Crippen molar-refractivity contribution in [2.24, 2.45) is 0 Å². The fourth-order valence-electron chi connectivity index (χ4n) is 2.19. The summed E-state index contributed by atoms with van der Waals surface area (Å²) >= 11 is 0. The standard InChI is InChI=1S/C14H18N2O2/c17-14(18)12-7-4-9-15-13(12)16-10-8-11-5-2-1-3-6-11/h4-5,7,9H,1-3,6,8,10H2,(H,15,16)(H,17,18). The van der Waals surface area contributed by atoms with E-state index in [1.54, 1.807) is 18.3 Å². The van der Waals surface area contributed by atoms with E-state index in [0.29, 0.717) is 5.82 Å². The summed E-state index contributed by atoms with van der Waals surface area (Å²) in [5, 5.41) is 12.1. The minimum Gasteiger partial charge on any atom is -0.478 e. The largest absolute Gasteiger partial charge is 0.478 e. The molecule has 1 aliphatic rings. The molecule has 0 bridgehead atoms. The van der Waals surface area contributed by atoms with E-state index >= 15 is 0 Å². The van der Waals surface area contributed by atoms with Gasteiger partial charge in [0.05, 0.1) is 0 Å². The first-order chi connectivity index (χ1) is 8.77. The minimum absolute atomic E-state index is 0.232. The molecule has 0 spiro atoms. The first kappa shape index (κ1) is 12.6. The number of allylic oxidation sites excluding steroid dienone is 1. The molecule has 1 heterocycles. The number of nitrogens with zero attached hydrogens (tertiary/aromatic N) is 1. The van der Waals surface area contributed by atoms with Gasteiger partial charge >= 0.3 is 5.97 Å². The number of hydrogen-bond donors (Lipinski definition) is 2. The van der Waals surface area contributed by atoms with E-state index in [-0.39, 0.29) is 5.56 Å². The van der Waals surface area contributed by atoms with Crippen molar-refractivity contribution in [1.29, 1.82) is 0 Å². The summed E-state index contributed by atoms with van der Waals surface area (Å²) < 4.78 is 0. The molecule has 1 aromatic heterocycles. The highest BCUT2D eigenvalue weighted by molar-refractivity contribution is 5.92. The molecule has 4 nitrogen and oxygen atoms in total. The zero-order valence-electron chi connectivity index (χ0n) is 10.4. The van der Waals surface area contributed by atoms with Gasteiger partial charge < -0.3 is 10.4 Å². The Labute approximate surface area is 107 Å². The second-order valence-electron chi connectivity index (χ2n) is 4.49. The van der Waals surface area contributed by atoms with E-state index in [1.165, 1.54) is 31.3 Å². The number of carboxylic acid groups (broad SMARTS) is 1. The van der Waals surface area contributed by atoms with Crippen LogP contribution in [0.2, 0.25) is 0 Å². The second-order valence-corrected chi connectivity index (χ2v) is 4.49. The molecule has 0 aliphatic heterocycles. The molecular weight excluding hydrogens is 228 g/mol. The molecule has 0 fully saturated rings. The zero-order valence-corrected chi connectivity index (χ0v) is 10.4. The molecule has 0 saturated carbocycles. The Balaban J connectivity index is 1.90. The fourth-order valence-corrected chi connectivity index (χ4v) is 2.19. The molecule has 2 N–H and O–H groups in total. The van der Waals surface area contributed by atoms with Gasteiger partial charge in [-0.3, -0.25) is 0 Å². The maximum atomic E-state index is 11.0. The molecule has 1 aliphatic carbocycles. The van der Waals surface area contributed by atoms with Crippen molar-refractivity contribution >= 4 is 11.8 Å². The zero-order chi connectivity index (χ0) is 12.8. The molecule has 18 heavy (non-hydrogen) atoms. The van der Waals surface area contributed by atoms with Crippen LogP contribution in [0.15, 0.2) is 30.0 Å². The summed E-state index contributed by atoms with van der Waals surface area (Å²) in [6.07, 6.45) is 9.80. The van der Waals surface area contributed by atoms with Gasteiger partial charge in [-0.1, -0.05) is 11.6 Å². The van der Waals surface area contributed by atoms with Crippen LogP contribution >= 0.6 is 0 Å². The third-order valence-corrected chi connectivity index (χ3v) is 3.16. The molecule has 0 saturated heterocycles. The van der Waals surface area contributed by atoms with Gasteiger partial charge in [0.1, 0.15) is 11.4 Å². The van der Waals surface area contributed by atoms with Gasteiger partial charge in [0.15, 0.2) is 0 Å². The number of hydrogen-bond acceptors (Lipinski definition) is 3. The van der Waals surface area contributed by atoms with Gasteiger partial charge in [-0.25, -0.2) is 9.78 Å². The third-order valence-electron chi connectivity index (χ3n) is 3.16. The van der Waals surface area contributed by atoms with Crippen LogP contribution in [0.5, 0.6) is 0 Å². The highest BCUT2D eigenvalue weighted by atomic mass is 16.4. The Hall–Kier alpha value is -1.84. The number of carbonyl (C=O) groups is 1. The van der Waals surface area contributed by atoms with Crippen molar-refractivity contribution in [3.05, 3.63) is 35.5 Å². The number of nitrogens with one attached hydrogen (secondary N) is 1. The average Bonchev–Trinajstić information content (AvgIpc) is 2.40. The number of carboxylic acids is 1. The van der Waals surface area contributed by atoms with Gasteiger partial charge in [0.25, 0.3) is 0 Å². The maximum Gasteiger partial charge on any atom is 0.339 e. The monoisotopic (exact) mass is 246 g/mol. The number of anilines is 1. The molecule has 0 radical (unpaired) electrons. The highest BCUT2D eigenvalue weighted by Gasteiger charge is 2.10. The average molecular weight is 246 g/mol. The lowest BCUT2D eigenvalue weighted by molar-refractivity contribution is 0.0697. The van der Waals surface area contributed by atoms with Crippen molar-refractivity contribution in [1.82, 2.24) is 4.98 Å². The van der Waals surface area contributed by atoms with Crippen LogP contribution in [-0.2, 0) is 0 Å². The van der Waals surface area contributed by atoms with E-state index in [9.17, 15) is 4.79 Å². The van der Waals surface area contributed by atoms with Crippen LogP contribution in [0.25, 0.3) is 0 Å². The number of aromatic carboxylic acids is 1. The summed E-state index contributed by atoms with van der Waals surface area (Å²) in [7, 11) is 0. The summed E-state index contributed by atoms with van der Waals surface area (Å²) in [5.74, 6) is -0.483. The Morgan fingerprint density at radius 3 is 3.06 bits per heavy atom. The molecule has 0 unspecified atom stereocenters. The Kier molecular flexibility index (Phi) is 4.34. The predicted octanol–water partition coefficient (Wildman–Crippen LogP) is 3.08. The van der Waals surface area contributed by atoms with Crippen LogP contribution < -0.4 is 5.32 Å². The molecule has 0 aromatic carbocycles. The third kappa shape index (κ3) is 3.32. The summed E-state index contributed by atoms with van der Waals surface area (Å²) in [6, 6.07) is 3.20. The SMILES string of the molecule is O=C(O)c1cccnc1NCCC1=CCCCC1. The molecule has 2 rings (SSSR count). The second kappa shape index (κ2) is 6.19. The Morgan fingerprint density at radius 2 is 2.33 bits per heavy atom. The van der Waals surface area contributed by atoms with Crippen molar-refractivity contribution in [3.8, 4) is 0 Å². The van der Waals surface area contributed by atoms with Crippen molar-refractivity contribution in [2.45, 2.75) is 32.1 Å². The first-order valence-electron chi connectivity index (χ1n) is 6.37. The van der Waals surface area contributed by atoms with E-state index in [4.69, 9.17) is 5.11 Å². The first-order valence-corrected chi connectivity index (χ1v) is 6.37. The lowest BCUT2D eigenvalue weighted by atomic mass is 9.97. The number of rotatable bonds is 5. The lowest BCUT2D eigenvalue weighted by Gasteiger charge is -2.13. The number of aromatic nitrogens is 1. The van der Waals surface area contributed by atoms with Crippen LogP contribution in [0, 0.1) is 0 Å². The Morgan fingerprint density at radius 1 is 1.44 bits per heavy atom. The summed E-state index contributed by atoms with van der Waals surface area (Å²) in [4.78, 5) is 15.1. The van der Waals surface area contributed by atoms with Crippen molar-refractivity contribution < 1.29 is 9.90 Å². The van der Waals surface area contributed by atoms with Crippen LogP contribution in [0.3, 0.4) is 0 Å². The van der Waals surface area contributed by atoms with E-state index in [2.05, 4.69) is 16.4 Å². The van der Waals surface area contributed by atoms with Gasteiger partial charge in [-0.2, -0.15) is 0 Å². The minimum atomic E-state index is -0.942. The molecule has 4 heteroatoms. The van der Waals surface area contributed by atoms with Crippen LogP contribution in [0.4, 0.5) is 5.82 Å². The number of pyridine rings is 1. The smallest absolute Gasteiger partial charge is 0.339 e. The van der Waals surface area contributed by atoms with Gasteiger partial charge in [0, 0.05) is 12.7 Å². The quantitative estimate of drug-likeness (QED) is 0.784. The van der Waals surface area contributed by atoms with E-state index in [1.807, 2.05) is 0 Å². The molecule has 0 atom stereocenters. The van der Waals surface area contributed by atoms with Crippen molar-refractivity contribution in [2.75, 3.05) is 11.9 Å². The highest BCUT2D eigenvalue weighted by Crippen LogP contribution is 2.20. The topological polar surface area (TPSA) is 62.2 Å². The van der Waals surface area contributed by atoms with Crippen molar-refractivity contribution in [3.63, 3.8) is 0 Å². The lowest BCUT2D eigenvalue weighted by Crippen LogP contribution is -2.10. The van der Waals surface area contributed by atoms with E-state index in [0.717, 1.165) is 13.0 Å². The van der Waals surface area contributed by atoms with Crippen LogP contribution in [-0.4, -0.2) is 22.6 Å². The molecule has 0 amide bonds. The van der Waals surface area contributed by atoms with Gasteiger partial charge in [0.2, 0.25) is 0 Å². The van der Waals surface area contributed by atoms with Crippen LogP contribution in [0.1, 0.15) is 42.5 Å².